The molecule has 2 aromatic rings. The fourth-order valence-electron chi connectivity index (χ4n) is 4.77. The van der Waals surface area contributed by atoms with Gasteiger partial charge in [0.25, 0.3) is 0 Å². The maximum Gasteiger partial charge on any atom is 0.411 e. The van der Waals surface area contributed by atoms with Gasteiger partial charge in [-0.2, -0.15) is 0 Å². The van der Waals surface area contributed by atoms with Crippen LogP contribution >= 0.6 is 11.6 Å². The number of nitrogens with zero attached hydrogens (tertiary/aromatic N) is 4. The summed E-state index contributed by atoms with van der Waals surface area (Å²) in [6, 6.07) is 5.79. The van der Waals surface area contributed by atoms with Gasteiger partial charge in [-0.3, -0.25) is 9.47 Å². The maximum absolute atomic E-state index is 12.9. The maximum atomic E-state index is 12.9. The van der Waals surface area contributed by atoms with Crippen LogP contribution in [0.3, 0.4) is 0 Å². The van der Waals surface area contributed by atoms with E-state index in [9.17, 15) is 4.79 Å². The van der Waals surface area contributed by atoms with Crippen molar-refractivity contribution >= 4 is 17.7 Å². The minimum atomic E-state index is -0.578. The molecule has 1 aromatic carbocycles. The highest BCUT2D eigenvalue weighted by atomic mass is 35.5. The van der Waals surface area contributed by atoms with Gasteiger partial charge in [-0.1, -0.05) is 11.6 Å². The highest BCUT2D eigenvalue weighted by Crippen LogP contribution is 2.37. The second kappa shape index (κ2) is 8.89. The van der Waals surface area contributed by atoms with E-state index < -0.39 is 5.60 Å². The Kier molecular flexibility index (Phi) is 6.09. The summed E-state index contributed by atoms with van der Waals surface area (Å²) in [4.78, 5) is 14.6. The van der Waals surface area contributed by atoms with Gasteiger partial charge in [0, 0.05) is 10.9 Å². The number of rotatable bonds is 3. The van der Waals surface area contributed by atoms with Crippen LogP contribution in [0.1, 0.15) is 69.6 Å². The molecule has 0 N–H and O–H groups in total. The van der Waals surface area contributed by atoms with Crippen molar-refractivity contribution in [2.24, 2.45) is 0 Å². The Bertz CT molecular complexity index is 1020. The fourth-order valence-corrected chi connectivity index (χ4v) is 4.96. The Morgan fingerprint density at radius 1 is 1.09 bits per heavy atom. The molecule has 1 saturated heterocycles. The molecule has 8 nitrogen and oxygen atoms in total. The zero-order chi connectivity index (χ0) is 23.2. The Balaban J connectivity index is 1.41. The molecule has 0 bridgehead atoms. The zero-order valence-electron chi connectivity index (χ0n) is 19.4. The second-order valence-electron chi connectivity index (χ2n) is 10.2. The summed E-state index contributed by atoms with van der Waals surface area (Å²) in [7, 11) is 0. The molecule has 5 rings (SSSR count). The highest BCUT2D eigenvalue weighted by molar-refractivity contribution is 6.30. The third-order valence-corrected chi connectivity index (χ3v) is 6.65. The average molecular weight is 475 g/mol. The fraction of sp³-hybridized carbons (Fsp3) is 0.625. The first kappa shape index (κ1) is 22.6. The van der Waals surface area contributed by atoms with Crippen molar-refractivity contribution in [1.29, 1.82) is 0 Å². The summed E-state index contributed by atoms with van der Waals surface area (Å²) < 4.78 is 19.1. The van der Waals surface area contributed by atoms with Crippen LogP contribution in [0.4, 0.5) is 4.79 Å². The number of ether oxygens (including phenoxy) is 3. The first-order chi connectivity index (χ1) is 15.8. The second-order valence-corrected chi connectivity index (χ2v) is 10.6. The van der Waals surface area contributed by atoms with E-state index in [-0.39, 0.29) is 18.3 Å². The Morgan fingerprint density at radius 2 is 1.85 bits per heavy atom. The van der Waals surface area contributed by atoms with Crippen molar-refractivity contribution < 1.29 is 19.0 Å². The predicted molar refractivity (Wildman–Crippen MR) is 123 cm³/mol. The molecule has 1 amide bonds. The Hall–Kier alpha value is -2.16. The van der Waals surface area contributed by atoms with E-state index >= 15 is 0 Å². The first-order valence-electron chi connectivity index (χ1n) is 11.7. The van der Waals surface area contributed by atoms with E-state index in [1.165, 1.54) is 0 Å². The quantitative estimate of drug-likeness (QED) is 0.646. The molecule has 0 atom stereocenters. The van der Waals surface area contributed by atoms with Crippen molar-refractivity contribution in [1.82, 2.24) is 19.7 Å². The normalized spacial score (nSPS) is 23.3. The van der Waals surface area contributed by atoms with Crippen molar-refractivity contribution in [2.45, 2.75) is 83.3 Å². The molecular weight excluding hydrogens is 444 g/mol. The average Bonchev–Trinajstić information content (AvgIpc) is 3.05. The summed E-state index contributed by atoms with van der Waals surface area (Å²) in [5.74, 6) is 1.98. The molecule has 0 unspecified atom stereocenters. The molecule has 1 aliphatic carbocycles. The molecule has 2 aliphatic heterocycles. The van der Waals surface area contributed by atoms with E-state index in [4.69, 9.17) is 25.8 Å². The Morgan fingerprint density at radius 3 is 2.52 bits per heavy atom. The molecule has 1 saturated carbocycles. The van der Waals surface area contributed by atoms with Crippen molar-refractivity contribution in [3.63, 3.8) is 0 Å². The van der Waals surface area contributed by atoms with Crippen LogP contribution < -0.4 is 0 Å². The molecule has 178 valence electrons. The van der Waals surface area contributed by atoms with Gasteiger partial charge >= 0.3 is 6.09 Å². The molecule has 3 aliphatic rings. The summed E-state index contributed by atoms with van der Waals surface area (Å²) >= 11 is 6.33. The van der Waals surface area contributed by atoms with Crippen LogP contribution in [0, 0.1) is 0 Å². The van der Waals surface area contributed by atoms with Crippen LogP contribution in [0.15, 0.2) is 18.2 Å². The highest BCUT2D eigenvalue weighted by Gasteiger charge is 2.34. The first-order valence-corrected chi connectivity index (χ1v) is 12.1. The van der Waals surface area contributed by atoms with Gasteiger partial charge in [-0.05, 0) is 70.2 Å². The number of hydrogen-bond donors (Lipinski definition) is 0. The predicted octanol–water partition coefficient (Wildman–Crippen LogP) is 4.61. The third kappa shape index (κ3) is 4.88. The molecule has 0 radical (unpaired) electrons. The summed E-state index contributed by atoms with van der Waals surface area (Å²) in [5, 5.41) is 9.75. The Labute approximate surface area is 199 Å². The minimum absolute atomic E-state index is 0.256. The van der Waals surface area contributed by atoms with E-state index in [0.29, 0.717) is 37.2 Å². The third-order valence-electron chi connectivity index (χ3n) is 6.41. The smallest absolute Gasteiger partial charge is 0.411 e. The van der Waals surface area contributed by atoms with Crippen LogP contribution in [-0.2, 0) is 27.3 Å². The number of aromatic nitrogens is 3. The van der Waals surface area contributed by atoms with Crippen LogP contribution in [0.5, 0.6) is 0 Å². The van der Waals surface area contributed by atoms with Gasteiger partial charge in [0.1, 0.15) is 17.5 Å². The van der Waals surface area contributed by atoms with Gasteiger partial charge in [0.2, 0.25) is 0 Å². The van der Waals surface area contributed by atoms with Gasteiger partial charge < -0.3 is 14.2 Å². The molecule has 2 fully saturated rings. The van der Waals surface area contributed by atoms with E-state index in [1.54, 1.807) is 4.90 Å². The molecule has 9 heteroatoms. The molecule has 33 heavy (non-hydrogen) atoms. The summed E-state index contributed by atoms with van der Waals surface area (Å²) in [6.45, 7) is 7.76. The van der Waals surface area contributed by atoms with Crippen molar-refractivity contribution in [3.8, 4) is 5.69 Å². The number of halogens is 1. The van der Waals surface area contributed by atoms with Gasteiger partial charge in [0.05, 0.1) is 38.1 Å². The number of amides is 1. The number of hydrogen-bond acceptors (Lipinski definition) is 6. The number of benzene rings is 1. The van der Waals surface area contributed by atoms with Crippen molar-refractivity contribution in [3.05, 3.63) is 40.4 Å². The lowest BCUT2D eigenvalue weighted by molar-refractivity contribution is -0.160. The lowest BCUT2D eigenvalue weighted by Gasteiger charge is -2.34. The van der Waals surface area contributed by atoms with E-state index in [1.807, 2.05) is 39.0 Å². The lowest BCUT2D eigenvalue weighted by atomic mass is 9.86. The van der Waals surface area contributed by atoms with Crippen LogP contribution in [0.2, 0.25) is 5.02 Å². The van der Waals surface area contributed by atoms with Crippen LogP contribution in [0.25, 0.3) is 5.69 Å². The van der Waals surface area contributed by atoms with E-state index in [0.717, 1.165) is 48.6 Å². The summed E-state index contributed by atoms with van der Waals surface area (Å²) in [5.41, 5.74) is 1.35. The topological polar surface area (TPSA) is 78.7 Å². The SMILES string of the molecule is CC(C)(C)OC(=O)N1Cc2cc(Cl)ccc2-n2c(nnc2C2CCC(OC3COC3)CC2)C1. The number of carbonyl (C=O) groups is 1. The monoisotopic (exact) mass is 474 g/mol. The lowest BCUT2D eigenvalue weighted by Crippen LogP contribution is -2.40. The molecule has 3 heterocycles. The molecule has 1 aromatic heterocycles. The number of carbonyl (C=O) groups excluding carboxylic acids is 1. The van der Waals surface area contributed by atoms with Crippen LogP contribution in [-0.4, -0.2) is 56.8 Å². The van der Waals surface area contributed by atoms with Gasteiger partial charge in [-0.15, -0.1) is 10.2 Å². The summed E-state index contributed by atoms with van der Waals surface area (Å²) in [6.07, 6.45) is 4.16. The standard InChI is InChI=1S/C24H31ClN4O4/c1-24(2,3)33-23(30)28-11-16-10-17(25)6-9-20(16)29-21(12-28)26-27-22(29)15-4-7-18(8-5-15)32-19-13-31-14-19/h6,9-10,15,18-19H,4-5,7-8,11-14H2,1-3H3. The van der Waals surface area contributed by atoms with Gasteiger partial charge in [-0.25, -0.2) is 4.79 Å². The van der Waals surface area contributed by atoms with Gasteiger partial charge in [0.15, 0.2) is 5.82 Å². The molecule has 0 spiro atoms. The minimum Gasteiger partial charge on any atom is -0.444 e. The zero-order valence-corrected chi connectivity index (χ0v) is 20.2. The largest absolute Gasteiger partial charge is 0.444 e. The number of fused-ring (bicyclic) bond motifs is 3. The molecular formula is C24H31ClN4O4. The van der Waals surface area contributed by atoms with E-state index in [2.05, 4.69) is 14.8 Å². The van der Waals surface area contributed by atoms with Crippen molar-refractivity contribution in [2.75, 3.05) is 13.2 Å².